The van der Waals surface area contributed by atoms with Gasteiger partial charge in [0, 0.05) is 41.0 Å². The molecule has 2 rings (SSSR count). The van der Waals surface area contributed by atoms with Gasteiger partial charge in [0.15, 0.2) is 5.12 Å². The molecule has 0 aromatic heterocycles. The van der Waals surface area contributed by atoms with Crippen LogP contribution in [0.2, 0.25) is 0 Å². The number of amides is 2. The lowest BCUT2D eigenvalue weighted by atomic mass is 9.78. The fourth-order valence-electron chi connectivity index (χ4n) is 4.96. The monoisotopic (exact) mass is 681 g/mol. The van der Waals surface area contributed by atoms with Gasteiger partial charge < -0.3 is 35.3 Å². The van der Waals surface area contributed by atoms with E-state index in [1.807, 2.05) is 27.7 Å². The van der Waals surface area contributed by atoms with Gasteiger partial charge in [-0.1, -0.05) is 50.0 Å². The zero-order chi connectivity index (χ0) is 33.6. The van der Waals surface area contributed by atoms with Gasteiger partial charge >= 0.3 is 11.9 Å². The molecular formula is C32H63N3O10S. The third kappa shape index (κ3) is 19.2. The van der Waals surface area contributed by atoms with Gasteiger partial charge in [0.05, 0.1) is 30.4 Å². The molecule has 13 nitrogen and oxygen atoms in total. The summed E-state index contributed by atoms with van der Waals surface area (Å²) >= 11 is 3.33. The fraction of sp³-hybridized carbons (Fsp3) is 0.812. The molecule has 2 heterocycles. The number of thiol groups is 1. The van der Waals surface area contributed by atoms with Crippen LogP contribution < -0.4 is 16.4 Å². The maximum absolute atomic E-state index is 11.4. The number of carbonyl (C=O) groups excluding carboxylic acids is 6. The third-order valence-electron chi connectivity index (χ3n) is 7.53. The minimum atomic E-state index is -0.583. The molecule has 10 atom stereocenters. The summed E-state index contributed by atoms with van der Waals surface area (Å²) in [6.07, 6.45) is -1.24. The molecule has 46 heavy (non-hydrogen) atoms. The molecule has 0 aromatic carbocycles. The Morgan fingerprint density at radius 3 is 1.33 bits per heavy atom. The van der Waals surface area contributed by atoms with Crippen LogP contribution in [0.1, 0.15) is 97.9 Å². The number of esters is 2. The van der Waals surface area contributed by atoms with Gasteiger partial charge in [-0.15, -0.1) is 12.6 Å². The van der Waals surface area contributed by atoms with Crippen molar-refractivity contribution >= 4 is 47.3 Å². The standard InChI is InChI=1S/C15H25NO5.C12H22N2O4.C2H4OS.3CH4/c1-8(17)6-13-15(16-11(4)18)10(3)9(2)14(21-13)7-20-12(5)19;1-6-7(2)11(14-8(3)15)12(13)18-10(6)5-17-9(4)16;1-2(3)4;;;/h9-10,13-15H,6-7H2,1-5H3,(H,16,18);6-7,10-12H,5,13H2,1-4H3,(H,14,15);1H3,(H,3,4);3*1H4/t9-,10-,13-,14?,15?;6-,7-,10?,11?,12+;;;;/m00..../s1. The number of hydrogen-bond donors (Lipinski definition) is 4. The Hall–Kier alpha value is -2.55. The van der Waals surface area contributed by atoms with Crippen LogP contribution in [0.4, 0.5) is 0 Å². The number of carbonyl (C=O) groups is 6. The minimum Gasteiger partial charge on any atom is -0.463 e. The summed E-state index contributed by atoms with van der Waals surface area (Å²) in [4.78, 5) is 65.0. The molecule has 2 amide bonds. The predicted octanol–water partition coefficient (Wildman–Crippen LogP) is 3.45. The molecule has 2 saturated heterocycles. The molecule has 272 valence electrons. The van der Waals surface area contributed by atoms with Gasteiger partial charge in [-0.2, -0.15) is 0 Å². The van der Waals surface area contributed by atoms with E-state index in [2.05, 4.69) is 23.3 Å². The maximum Gasteiger partial charge on any atom is 0.302 e. The normalized spacial score (nSPS) is 29.4. The van der Waals surface area contributed by atoms with Crippen molar-refractivity contribution in [3.63, 3.8) is 0 Å². The van der Waals surface area contributed by atoms with Crippen LogP contribution in [0.3, 0.4) is 0 Å². The minimum absolute atomic E-state index is 0. The summed E-state index contributed by atoms with van der Waals surface area (Å²) < 4.78 is 21.5. The molecule has 4 N–H and O–H groups in total. The zero-order valence-electron chi connectivity index (χ0n) is 27.0. The molecular weight excluding hydrogens is 618 g/mol. The molecule has 0 spiro atoms. The van der Waals surface area contributed by atoms with E-state index in [-0.39, 0.29) is 125 Å². The van der Waals surface area contributed by atoms with Crippen LogP contribution in [-0.2, 0) is 47.7 Å². The topological polar surface area (TPSA) is 189 Å². The summed E-state index contributed by atoms with van der Waals surface area (Å²) in [7, 11) is 0. The Balaban J connectivity index is -0.000000326. The lowest BCUT2D eigenvalue weighted by Crippen LogP contribution is -2.60. The van der Waals surface area contributed by atoms with Gasteiger partial charge in [0.2, 0.25) is 11.8 Å². The van der Waals surface area contributed by atoms with Crippen LogP contribution in [0.15, 0.2) is 0 Å². The van der Waals surface area contributed by atoms with Crippen LogP contribution >= 0.6 is 12.6 Å². The summed E-state index contributed by atoms with van der Waals surface area (Å²) in [6, 6.07) is -0.430. The van der Waals surface area contributed by atoms with E-state index in [0.29, 0.717) is 0 Å². The Bertz CT molecular complexity index is 958. The SMILES string of the molecule is C.C.C.CC(=O)C[C@@H]1OC(COC(C)=O)[C@@H](C)[C@H](C)C1NC(C)=O.CC(=O)NC1[C@H](N)OC(COC(C)=O)[C@@H](C)[C@@H]1C.CC(=O)S. The van der Waals surface area contributed by atoms with Gasteiger partial charge in [0.25, 0.3) is 0 Å². The molecule has 2 aliphatic heterocycles. The van der Waals surface area contributed by atoms with Gasteiger partial charge in [0.1, 0.15) is 25.2 Å². The number of rotatable bonds is 8. The van der Waals surface area contributed by atoms with Crippen molar-refractivity contribution in [1.82, 2.24) is 10.6 Å². The number of nitrogens with one attached hydrogen (secondary N) is 2. The number of ether oxygens (including phenoxy) is 4. The van der Waals surface area contributed by atoms with E-state index in [0.717, 1.165) is 0 Å². The summed E-state index contributed by atoms with van der Waals surface area (Å²) in [6.45, 7) is 16.9. The molecule has 0 radical (unpaired) electrons. The lowest BCUT2D eigenvalue weighted by molar-refractivity contribution is -0.167. The number of Topliss-reactive ketones (excluding diaryl/α,β-unsaturated/α-hetero) is 1. The van der Waals surface area contributed by atoms with Crippen molar-refractivity contribution in [2.75, 3.05) is 13.2 Å². The second-order valence-electron chi connectivity index (χ2n) is 11.3. The largest absolute Gasteiger partial charge is 0.463 e. The van der Waals surface area contributed by atoms with Crippen molar-refractivity contribution in [2.24, 2.45) is 29.4 Å². The average Bonchev–Trinajstić information content (AvgIpc) is 2.86. The lowest BCUT2D eigenvalue weighted by Gasteiger charge is -2.44. The quantitative estimate of drug-likeness (QED) is 0.217. The highest BCUT2D eigenvalue weighted by molar-refractivity contribution is 7.96. The van der Waals surface area contributed by atoms with Crippen LogP contribution in [0.5, 0.6) is 0 Å². The van der Waals surface area contributed by atoms with Crippen molar-refractivity contribution < 1.29 is 47.7 Å². The molecule has 4 unspecified atom stereocenters. The smallest absolute Gasteiger partial charge is 0.302 e. The van der Waals surface area contributed by atoms with E-state index in [4.69, 9.17) is 24.7 Å². The molecule has 0 bridgehead atoms. The summed E-state index contributed by atoms with van der Waals surface area (Å²) in [5, 5.41) is 5.54. The van der Waals surface area contributed by atoms with E-state index in [1.54, 1.807) is 0 Å². The predicted molar refractivity (Wildman–Crippen MR) is 182 cm³/mol. The number of hydrogen-bond acceptors (Lipinski definition) is 11. The first-order valence-electron chi connectivity index (χ1n) is 14.3. The molecule has 0 aromatic rings. The summed E-state index contributed by atoms with van der Waals surface area (Å²) in [5.74, 6) is -0.452. The zero-order valence-corrected chi connectivity index (χ0v) is 27.9. The van der Waals surface area contributed by atoms with E-state index >= 15 is 0 Å². The molecule has 14 heteroatoms. The second-order valence-corrected chi connectivity index (χ2v) is 11.9. The number of ketones is 1. The molecule has 0 saturated carbocycles. The maximum atomic E-state index is 11.4. The average molecular weight is 682 g/mol. The van der Waals surface area contributed by atoms with Crippen molar-refractivity contribution in [3.8, 4) is 0 Å². The number of nitrogens with two attached hydrogens (primary N) is 1. The van der Waals surface area contributed by atoms with Gasteiger partial charge in [-0.05, 0) is 30.6 Å². The molecule has 2 fully saturated rings. The van der Waals surface area contributed by atoms with Gasteiger partial charge in [-0.25, -0.2) is 0 Å². The van der Waals surface area contributed by atoms with E-state index < -0.39 is 12.3 Å². The van der Waals surface area contributed by atoms with Crippen LogP contribution in [-0.4, -0.2) is 84.5 Å². The van der Waals surface area contributed by atoms with Crippen molar-refractivity contribution in [1.29, 1.82) is 0 Å². The first-order valence-corrected chi connectivity index (χ1v) is 14.8. The molecule has 0 aliphatic carbocycles. The second kappa shape index (κ2) is 24.6. The van der Waals surface area contributed by atoms with Crippen LogP contribution in [0.25, 0.3) is 0 Å². The first-order chi connectivity index (χ1) is 19.8. The fourth-order valence-corrected chi connectivity index (χ4v) is 4.96. The Morgan fingerprint density at radius 2 is 0.978 bits per heavy atom. The highest BCUT2D eigenvalue weighted by Gasteiger charge is 2.43. The highest BCUT2D eigenvalue weighted by atomic mass is 32.1. The third-order valence-corrected chi connectivity index (χ3v) is 7.53. The van der Waals surface area contributed by atoms with Crippen molar-refractivity contribution in [3.05, 3.63) is 0 Å². The Kier molecular flexibility index (Phi) is 26.9. The summed E-state index contributed by atoms with van der Waals surface area (Å²) in [5.41, 5.74) is 5.90. The first kappa shape index (κ1) is 50.3. The van der Waals surface area contributed by atoms with Gasteiger partial charge in [-0.3, -0.25) is 28.8 Å². The highest BCUT2D eigenvalue weighted by Crippen LogP contribution is 2.33. The van der Waals surface area contributed by atoms with Crippen molar-refractivity contribution in [2.45, 2.75) is 135 Å². The Morgan fingerprint density at radius 1 is 0.630 bits per heavy atom. The van der Waals surface area contributed by atoms with E-state index in [9.17, 15) is 28.8 Å². The molecule has 2 aliphatic rings. The van der Waals surface area contributed by atoms with E-state index in [1.165, 1.54) is 41.5 Å². The van der Waals surface area contributed by atoms with Crippen LogP contribution in [0, 0.1) is 23.7 Å². The Labute approximate surface area is 282 Å².